The molecule has 2 aromatic carbocycles. The topological polar surface area (TPSA) is 181 Å². The molecule has 16 nitrogen and oxygen atoms in total. The summed E-state index contributed by atoms with van der Waals surface area (Å²) < 4.78 is 19.4. The highest BCUT2D eigenvalue weighted by atomic mass is 16.6. The quantitative estimate of drug-likeness (QED) is 0.0774. The van der Waals surface area contributed by atoms with Crippen molar-refractivity contribution in [3.63, 3.8) is 0 Å². The number of cyclic esters (lactones) is 1. The molecule has 12 rings (SSSR count). The van der Waals surface area contributed by atoms with Gasteiger partial charge in [0.05, 0.1) is 29.0 Å². The minimum absolute atomic E-state index is 0.0573. The number of aliphatic hydroxyl groups is 1. The van der Waals surface area contributed by atoms with Crippen LogP contribution in [0.4, 0.5) is 10.5 Å². The fourth-order valence-corrected chi connectivity index (χ4v) is 16.4. The van der Waals surface area contributed by atoms with Gasteiger partial charge in [0.2, 0.25) is 0 Å². The number of esters is 2. The molecule has 0 spiro atoms. The molecule has 4 aliphatic carbocycles. The average Bonchev–Trinajstić information content (AvgIpc) is 3.14. The molecule has 2 aromatic heterocycles. The number of unbranched alkanes of at least 4 members (excludes halogenated alkanes) is 3. The lowest BCUT2D eigenvalue weighted by molar-refractivity contribution is -0.182. The molecule has 8 atom stereocenters. The number of Topliss-reactive ketones (excluding diaryl/α,β-unsaturated/α-hetero) is 1. The number of anilines is 1. The van der Waals surface area contributed by atoms with Crippen LogP contribution in [0, 0.1) is 17.3 Å². The zero-order valence-corrected chi connectivity index (χ0v) is 48.2. The first-order valence-electron chi connectivity index (χ1n) is 29.8. The van der Waals surface area contributed by atoms with Gasteiger partial charge in [0, 0.05) is 97.8 Å². The molecule has 6 heterocycles. The van der Waals surface area contributed by atoms with Crippen LogP contribution >= 0.6 is 0 Å². The molecule has 428 valence electrons. The predicted octanol–water partition coefficient (Wildman–Crippen LogP) is 9.28. The maximum Gasteiger partial charge on any atom is 0.415 e. The van der Waals surface area contributed by atoms with Crippen LogP contribution in [0.25, 0.3) is 22.3 Å². The van der Waals surface area contributed by atoms with E-state index in [4.69, 9.17) is 19.2 Å². The van der Waals surface area contributed by atoms with Crippen molar-refractivity contribution >= 4 is 46.2 Å². The first kappa shape index (κ1) is 55.1. The third kappa shape index (κ3) is 9.26. The number of likely N-dealkylation sites (tertiary alicyclic amines) is 1. The summed E-state index contributed by atoms with van der Waals surface area (Å²) in [7, 11) is 6.11. The number of piperazine rings is 1. The predicted molar refractivity (Wildman–Crippen MR) is 307 cm³/mol. The van der Waals surface area contributed by atoms with Crippen LogP contribution in [0.2, 0.25) is 0 Å². The largest absolute Gasteiger partial charge is 0.458 e. The normalized spacial score (nSPS) is 28.2. The minimum atomic E-state index is -1.91. The van der Waals surface area contributed by atoms with E-state index in [0.717, 1.165) is 113 Å². The van der Waals surface area contributed by atoms with E-state index >= 15 is 0 Å². The number of aromatic nitrogens is 2. The Hall–Kier alpha value is -6.49. The van der Waals surface area contributed by atoms with Gasteiger partial charge in [0.25, 0.3) is 5.56 Å². The third-order valence-corrected chi connectivity index (χ3v) is 20.4. The van der Waals surface area contributed by atoms with Gasteiger partial charge < -0.3 is 33.7 Å². The number of nitrogens with zero attached hydrogens (tertiary/aromatic N) is 6. The average molecular weight is 1100 g/mol. The van der Waals surface area contributed by atoms with E-state index in [2.05, 4.69) is 48.0 Å². The molecule has 1 amide bonds. The van der Waals surface area contributed by atoms with E-state index < -0.39 is 28.6 Å². The summed E-state index contributed by atoms with van der Waals surface area (Å²) >= 11 is 0. The Morgan fingerprint density at radius 1 is 0.901 bits per heavy atom. The monoisotopic (exact) mass is 1100 g/mol. The molecule has 2 bridgehead atoms. The summed E-state index contributed by atoms with van der Waals surface area (Å²) in [5.74, 6) is 0.0385. The number of fused-ring (bicyclic) bond motifs is 11. The van der Waals surface area contributed by atoms with Crippen LogP contribution in [0.1, 0.15) is 151 Å². The number of pyridine rings is 2. The number of carbonyl (C=O) groups excluding carboxylic acids is 5. The highest BCUT2D eigenvalue weighted by Gasteiger charge is 2.67. The molecule has 4 fully saturated rings. The lowest BCUT2D eigenvalue weighted by Crippen LogP contribution is -2.57. The SMILES string of the molecule is CC[C@@]1(O)C(=O)OCc2c1cc1n(c2=O)Cc2cc3c(CN(C)C)c(OC(=O)N4C5CCC4CN(CCCCCCN(C)c4ccc([C@H]6C[C@@]7(C)[C@@H](CC[C@]7(OC(C)=O)C(C)=O)C7CCC8=CC(=O)CCC8=C76)cc4)C5)ccc3nc2-1. The van der Waals surface area contributed by atoms with Gasteiger partial charge in [-0.15, -0.1) is 0 Å². The van der Waals surface area contributed by atoms with E-state index in [-0.39, 0.29) is 83.8 Å². The second-order valence-corrected chi connectivity index (χ2v) is 25.3. The van der Waals surface area contributed by atoms with Crippen LogP contribution in [0.5, 0.6) is 5.75 Å². The fraction of sp³-hybridized carbons (Fsp3) is 0.554. The summed E-state index contributed by atoms with van der Waals surface area (Å²) in [5, 5.41) is 12.2. The highest BCUT2D eigenvalue weighted by molar-refractivity contribution is 5.94. The molecule has 2 saturated heterocycles. The highest BCUT2D eigenvalue weighted by Crippen LogP contribution is 2.68. The smallest absolute Gasteiger partial charge is 0.415 e. The van der Waals surface area contributed by atoms with E-state index in [9.17, 15) is 33.9 Å². The molecule has 4 aliphatic heterocycles. The van der Waals surface area contributed by atoms with Crippen molar-refractivity contribution in [2.24, 2.45) is 17.3 Å². The van der Waals surface area contributed by atoms with Crippen LogP contribution in [-0.2, 0) is 53.9 Å². The Labute approximate surface area is 474 Å². The maximum absolute atomic E-state index is 14.2. The molecular weight excluding hydrogens is 1020 g/mol. The first-order chi connectivity index (χ1) is 38.8. The lowest BCUT2D eigenvalue weighted by Gasteiger charge is -2.55. The van der Waals surface area contributed by atoms with Gasteiger partial charge in [0.1, 0.15) is 12.4 Å². The van der Waals surface area contributed by atoms with E-state index in [1.807, 2.05) is 48.2 Å². The van der Waals surface area contributed by atoms with Crippen molar-refractivity contribution in [1.29, 1.82) is 0 Å². The first-order valence-corrected chi connectivity index (χ1v) is 29.8. The third-order valence-electron chi connectivity index (χ3n) is 20.4. The van der Waals surface area contributed by atoms with Crippen molar-refractivity contribution in [2.75, 3.05) is 52.2 Å². The van der Waals surface area contributed by atoms with Gasteiger partial charge in [-0.3, -0.25) is 29.0 Å². The molecule has 0 radical (unpaired) electrons. The number of allylic oxidation sites excluding steroid dienone is 4. The van der Waals surface area contributed by atoms with E-state index in [0.29, 0.717) is 48.5 Å². The number of amides is 1. The maximum atomic E-state index is 14.2. The van der Waals surface area contributed by atoms with Crippen molar-refractivity contribution in [3.05, 3.63) is 109 Å². The summed E-state index contributed by atoms with van der Waals surface area (Å²) in [6.07, 6.45) is 13.2. The van der Waals surface area contributed by atoms with Crippen LogP contribution in [0.3, 0.4) is 0 Å². The van der Waals surface area contributed by atoms with Gasteiger partial charge in [-0.25, -0.2) is 14.6 Å². The zero-order valence-electron chi connectivity index (χ0n) is 48.2. The summed E-state index contributed by atoms with van der Waals surface area (Å²) in [4.78, 5) is 93.6. The van der Waals surface area contributed by atoms with E-state index in [1.54, 1.807) is 24.5 Å². The van der Waals surface area contributed by atoms with Gasteiger partial charge in [-0.05, 0) is 169 Å². The van der Waals surface area contributed by atoms with E-state index in [1.165, 1.54) is 29.2 Å². The standard InChI is InChI=1S/C65H78N6O10/c1-8-64(78)54-31-56-59-42(33-70(56)60(75)52(54)37-79-61(64)76)30-49-51(36-67(5)6)57(24-23-55(49)66-59)80-62(77)71-44-18-19-45(71)35-69(34-44)28-12-10-9-11-27-68(7)43-16-13-40(14-17-43)50-32-63(4)53(25-26-65(63,38(2)72)81-39(3)73)48-21-15-41-29-46(74)20-22-47(41)58(48)50/h13-14,16-17,23-24,29-31,44-45,48,50,53,78H,8-12,15,18-22,25-28,32-37H2,1-7H3/t44?,45?,48?,50-,53+,63+,64+,65+/m1/s1. The van der Waals surface area contributed by atoms with Crippen molar-refractivity contribution in [1.82, 2.24) is 24.3 Å². The van der Waals surface area contributed by atoms with Gasteiger partial charge in [-0.2, -0.15) is 0 Å². The van der Waals surface area contributed by atoms with Crippen molar-refractivity contribution in [2.45, 2.75) is 166 Å². The van der Waals surface area contributed by atoms with Gasteiger partial charge in [-0.1, -0.05) is 44.4 Å². The molecule has 2 saturated carbocycles. The van der Waals surface area contributed by atoms with Crippen molar-refractivity contribution in [3.8, 4) is 17.1 Å². The lowest BCUT2D eigenvalue weighted by atomic mass is 9.50. The number of hydrogen-bond donors (Lipinski definition) is 1. The van der Waals surface area contributed by atoms with Crippen molar-refractivity contribution < 1.29 is 43.3 Å². The molecule has 81 heavy (non-hydrogen) atoms. The number of rotatable bonds is 15. The second kappa shape index (κ2) is 21.0. The molecule has 8 aliphatic rings. The van der Waals surface area contributed by atoms with Gasteiger partial charge >= 0.3 is 18.0 Å². The molecule has 1 N–H and O–H groups in total. The summed E-state index contributed by atoms with van der Waals surface area (Å²) in [5.41, 5.74) is 6.59. The summed E-state index contributed by atoms with van der Waals surface area (Å²) in [6.45, 7) is 11.1. The fourth-order valence-electron chi connectivity index (χ4n) is 16.4. The Morgan fingerprint density at radius 3 is 2.37 bits per heavy atom. The molecular formula is C65H78N6O10. The van der Waals surface area contributed by atoms with Crippen LogP contribution in [0.15, 0.2) is 76.1 Å². The second-order valence-electron chi connectivity index (χ2n) is 25.3. The Morgan fingerprint density at radius 2 is 1.65 bits per heavy atom. The number of ether oxygens (including phenoxy) is 3. The molecule has 16 heteroatoms. The molecule has 3 unspecified atom stereocenters. The molecule has 4 aromatic rings. The van der Waals surface area contributed by atoms with Crippen LogP contribution in [-0.4, -0.2) is 124 Å². The van der Waals surface area contributed by atoms with Crippen LogP contribution < -0.4 is 15.2 Å². The summed E-state index contributed by atoms with van der Waals surface area (Å²) in [6, 6.07) is 16.6. The Balaban J connectivity index is 0.655. The number of hydrogen-bond acceptors (Lipinski definition) is 14. The Kier molecular flexibility index (Phi) is 14.3. The van der Waals surface area contributed by atoms with Gasteiger partial charge in [0.15, 0.2) is 22.8 Å². The minimum Gasteiger partial charge on any atom is -0.458 e. The Bertz CT molecular complexity index is 3390. The number of benzene rings is 2. The zero-order chi connectivity index (χ0) is 56.9. The number of carbonyl (C=O) groups is 5. The number of ketones is 2.